The Labute approximate surface area is 184 Å². The Morgan fingerprint density at radius 3 is 2.28 bits per heavy atom. The van der Waals surface area contributed by atoms with Crippen LogP contribution in [-0.4, -0.2) is 21.0 Å². The third-order valence-electron chi connectivity index (χ3n) is 5.70. The van der Waals surface area contributed by atoms with Crippen molar-refractivity contribution in [3.8, 4) is 0 Å². The van der Waals surface area contributed by atoms with Gasteiger partial charge in [-0.05, 0) is 24.1 Å². The van der Waals surface area contributed by atoms with Gasteiger partial charge in [-0.1, -0.05) is 24.3 Å². The molecule has 4 nitrogen and oxygen atoms in total. The van der Waals surface area contributed by atoms with Crippen molar-refractivity contribution in [3.05, 3.63) is 97.9 Å². The van der Waals surface area contributed by atoms with Gasteiger partial charge in [0.05, 0.1) is 18.3 Å². The highest BCUT2D eigenvalue weighted by Gasteiger charge is 2.25. The SMILES string of the molecule is O=c1c2c3c(sc2ncn1Cc1cccc(F)c1F)CN(Cc1cccc(F)c1F)CC3. The first-order valence-electron chi connectivity index (χ1n) is 10.00. The van der Waals surface area contributed by atoms with Crippen LogP contribution < -0.4 is 5.56 Å². The number of rotatable bonds is 4. The highest BCUT2D eigenvalue weighted by Crippen LogP contribution is 2.33. The van der Waals surface area contributed by atoms with Crippen LogP contribution in [0.25, 0.3) is 10.2 Å². The lowest BCUT2D eigenvalue weighted by molar-refractivity contribution is 0.245. The maximum Gasteiger partial charge on any atom is 0.262 e. The van der Waals surface area contributed by atoms with Crippen molar-refractivity contribution < 1.29 is 17.6 Å². The van der Waals surface area contributed by atoms with Crippen molar-refractivity contribution in [2.75, 3.05) is 6.54 Å². The molecule has 0 spiro atoms. The molecule has 164 valence electrons. The summed E-state index contributed by atoms with van der Waals surface area (Å²) < 4.78 is 56.4. The van der Waals surface area contributed by atoms with E-state index in [0.29, 0.717) is 29.7 Å². The molecule has 32 heavy (non-hydrogen) atoms. The summed E-state index contributed by atoms with van der Waals surface area (Å²) in [5.41, 5.74) is 0.932. The Hall–Kier alpha value is -3.04. The van der Waals surface area contributed by atoms with Crippen LogP contribution in [0.5, 0.6) is 0 Å². The van der Waals surface area contributed by atoms with Crippen LogP contribution in [0.2, 0.25) is 0 Å². The molecule has 2 aromatic heterocycles. The molecule has 1 aliphatic rings. The van der Waals surface area contributed by atoms with Gasteiger partial charge in [-0.3, -0.25) is 14.3 Å². The predicted octanol–water partition coefficient (Wildman–Crippen LogP) is 4.62. The summed E-state index contributed by atoms with van der Waals surface area (Å²) in [6.45, 7) is 1.20. The average molecular weight is 459 g/mol. The zero-order chi connectivity index (χ0) is 22.4. The van der Waals surface area contributed by atoms with Crippen LogP contribution in [-0.2, 0) is 26.1 Å². The molecule has 3 heterocycles. The Kier molecular flexibility index (Phi) is 5.30. The minimum Gasteiger partial charge on any atom is -0.294 e. The minimum atomic E-state index is -0.980. The zero-order valence-electron chi connectivity index (χ0n) is 16.7. The van der Waals surface area contributed by atoms with Gasteiger partial charge in [0.1, 0.15) is 4.83 Å². The second kappa shape index (κ2) is 8.14. The number of nitrogens with zero attached hydrogens (tertiary/aromatic N) is 3. The Morgan fingerprint density at radius 1 is 0.938 bits per heavy atom. The van der Waals surface area contributed by atoms with Crippen molar-refractivity contribution in [3.63, 3.8) is 0 Å². The number of benzene rings is 2. The highest BCUT2D eigenvalue weighted by atomic mass is 32.1. The van der Waals surface area contributed by atoms with Gasteiger partial charge in [0.2, 0.25) is 0 Å². The van der Waals surface area contributed by atoms with E-state index in [1.807, 2.05) is 4.90 Å². The van der Waals surface area contributed by atoms with E-state index in [2.05, 4.69) is 4.98 Å². The fourth-order valence-corrected chi connectivity index (χ4v) is 5.31. The number of hydrogen-bond acceptors (Lipinski definition) is 4. The lowest BCUT2D eigenvalue weighted by atomic mass is 10.0. The third kappa shape index (κ3) is 3.61. The standard InChI is InChI=1S/C23H17F4N3OS/c24-16-5-1-3-13(20(16)26)9-29-8-7-15-18(11-29)32-22-19(15)23(31)30(12-28-22)10-14-4-2-6-17(25)21(14)27/h1-6,12H,7-11H2. The van der Waals surface area contributed by atoms with Crippen molar-refractivity contribution in [1.29, 1.82) is 0 Å². The van der Waals surface area contributed by atoms with Gasteiger partial charge in [0, 0.05) is 35.6 Å². The van der Waals surface area contributed by atoms with Gasteiger partial charge in [0.25, 0.3) is 5.56 Å². The second-order valence-corrected chi connectivity index (χ2v) is 8.83. The van der Waals surface area contributed by atoms with Crippen molar-refractivity contribution in [1.82, 2.24) is 14.5 Å². The molecular weight excluding hydrogens is 442 g/mol. The Balaban J connectivity index is 1.45. The van der Waals surface area contributed by atoms with Gasteiger partial charge in [0.15, 0.2) is 23.3 Å². The van der Waals surface area contributed by atoms with Crippen molar-refractivity contribution >= 4 is 21.6 Å². The van der Waals surface area contributed by atoms with Gasteiger partial charge < -0.3 is 0 Å². The van der Waals surface area contributed by atoms with Gasteiger partial charge in [-0.15, -0.1) is 11.3 Å². The molecule has 0 fully saturated rings. The molecule has 0 amide bonds. The van der Waals surface area contributed by atoms with Crippen LogP contribution in [0, 0.1) is 23.3 Å². The number of thiophene rings is 1. The second-order valence-electron chi connectivity index (χ2n) is 7.75. The van der Waals surface area contributed by atoms with Crippen LogP contribution in [0.4, 0.5) is 17.6 Å². The predicted molar refractivity (Wildman–Crippen MR) is 114 cm³/mol. The minimum absolute atomic E-state index is 0.0700. The Bertz CT molecular complexity index is 1400. The van der Waals surface area contributed by atoms with E-state index >= 15 is 0 Å². The average Bonchev–Trinajstić information content (AvgIpc) is 3.15. The lowest BCUT2D eigenvalue weighted by Gasteiger charge is -2.26. The fourth-order valence-electron chi connectivity index (χ4n) is 4.08. The smallest absolute Gasteiger partial charge is 0.262 e. The van der Waals surface area contributed by atoms with Crippen molar-refractivity contribution in [2.24, 2.45) is 0 Å². The molecule has 1 aliphatic heterocycles. The van der Waals surface area contributed by atoms with E-state index in [-0.39, 0.29) is 29.8 Å². The summed E-state index contributed by atoms with van der Waals surface area (Å²) in [6.07, 6.45) is 1.90. The molecule has 9 heteroatoms. The fraction of sp³-hybridized carbons (Fsp3) is 0.217. The maximum absolute atomic E-state index is 14.1. The molecule has 0 atom stereocenters. The lowest BCUT2D eigenvalue weighted by Crippen LogP contribution is -2.30. The molecule has 0 unspecified atom stereocenters. The van der Waals surface area contributed by atoms with Crippen LogP contribution in [0.3, 0.4) is 0 Å². The van der Waals surface area contributed by atoms with Gasteiger partial charge >= 0.3 is 0 Å². The van der Waals surface area contributed by atoms with Crippen LogP contribution in [0.15, 0.2) is 47.5 Å². The first-order chi connectivity index (χ1) is 15.4. The van der Waals surface area contributed by atoms with Crippen LogP contribution >= 0.6 is 11.3 Å². The molecule has 0 N–H and O–H groups in total. The third-order valence-corrected chi connectivity index (χ3v) is 6.83. The summed E-state index contributed by atoms with van der Waals surface area (Å²) in [6, 6.07) is 7.99. The number of fused-ring (bicyclic) bond motifs is 3. The first kappa shape index (κ1) is 20.8. The van der Waals surface area contributed by atoms with E-state index in [1.165, 1.54) is 40.4 Å². The van der Waals surface area contributed by atoms with Crippen molar-refractivity contribution in [2.45, 2.75) is 26.1 Å². The largest absolute Gasteiger partial charge is 0.294 e. The van der Waals surface area contributed by atoms with Crippen LogP contribution in [0.1, 0.15) is 21.6 Å². The van der Waals surface area contributed by atoms with E-state index < -0.39 is 23.3 Å². The summed E-state index contributed by atoms with van der Waals surface area (Å²) in [4.78, 5) is 21.0. The number of hydrogen-bond donors (Lipinski definition) is 0. The Morgan fingerprint density at radius 2 is 1.59 bits per heavy atom. The quantitative estimate of drug-likeness (QED) is 0.418. The van der Waals surface area contributed by atoms with E-state index in [4.69, 9.17) is 0 Å². The summed E-state index contributed by atoms with van der Waals surface area (Å²) in [5, 5.41) is 0.487. The molecule has 0 radical (unpaired) electrons. The molecular formula is C23H17F4N3OS. The van der Waals surface area contributed by atoms with E-state index in [9.17, 15) is 22.4 Å². The molecule has 0 aliphatic carbocycles. The summed E-state index contributed by atoms with van der Waals surface area (Å²) >= 11 is 1.39. The molecule has 4 aromatic rings. The molecule has 0 saturated carbocycles. The highest BCUT2D eigenvalue weighted by molar-refractivity contribution is 7.18. The summed E-state index contributed by atoms with van der Waals surface area (Å²) in [7, 11) is 0. The normalized spacial score (nSPS) is 14.1. The maximum atomic E-state index is 14.1. The zero-order valence-corrected chi connectivity index (χ0v) is 17.6. The monoisotopic (exact) mass is 459 g/mol. The van der Waals surface area contributed by atoms with E-state index in [0.717, 1.165) is 22.6 Å². The molecule has 0 bridgehead atoms. The first-order valence-corrected chi connectivity index (χ1v) is 10.8. The number of aromatic nitrogens is 2. The molecule has 0 saturated heterocycles. The topological polar surface area (TPSA) is 38.1 Å². The molecule has 5 rings (SSSR count). The molecule has 2 aromatic carbocycles. The van der Waals surface area contributed by atoms with Gasteiger partial charge in [-0.25, -0.2) is 22.5 Å². The van der Waals surface area contributed by atoms with E-state index in [1.54, 1.807) is 6.07 Å². The number of halogens is 4. The summed E-state index contributed by atoms with van der Waals surface area (Å²) in [5.74, 6) is -3.66. The van der Waals surface area contributed by atoms with Gasteiger partial charge in [-0.2, -0.15) is 0 Å².